The molecule has 1 aromatic heterocycles. The molecule has 130 valence electrons. The number of carbonyl (C=O) groups is 3. The number of hydrogen-bond acceptors (Lipinski definition) is 4. The fraction of sp³-hybridized carbons (Fsp3) is 0.316. The highest BCUT2D eigenvalue weighted by Gasteiger charge is 2.33. The zero-order valence-electron chi connectivity index (χ0n) is 14.0. The largest absolute Gasteiger partial charge is 0.326 e. The predicted molar refractivity (Wildman–Crippen MR) is 98.1 cm³/mol. The summed E-state index contributed by atoms with van der Waals surface area (Å²) in [6.45, 7) is 2.08. The maximum atomic E-state index is 12.7. The van der Waals surface area contributed by atoms with Crippen molar-refractivity contribution in [2.45, 2.75) is 32.2 Å². The van der Waals surface area contributed by atoms with E-state index >= 15 is 0 Å². The van der Waals surface area contributed by atoms with Crippen molar-refractivity contribution in [3.05, 3.63) is 52.2 Å². The summed E-state index contributed by atoms with van der Waals surface area (Å²) in [6.07, 6.45) is 2.47. The molecule has 0 bridgehead atoms. The molecule has 6 heteroatoms. The molecular formula is C19H20N2O3S. The van der Waals surface area contributed by atoms with Crippen LogP contribution in [0.2, 0.25) is 0 Å². The van der Waals surface area contributed by atoms with Crippen LogP contribution in [0.1, 0.15) is 46.2 Å². The minimum atomic E-state index is -0.482. The lowest BCUT2D eigenvalue weighted by Crippen LogP contribution is -2.49. The molecule has 1 saturated heterocycles. The molecule has 1 N–H and O–H groups in total. The van der Waals surface area contributed by atoms with Crippen LogP contribution in [0, 0.1) is 0 Å². The molecule has 1 aromatic carbocycles. The van der Waals surface area contributed by atoms with Crippen LogP contribution < -0.4 is 5.32 Å². The van der Waals surface area contributed by atoms with E-state index in [0.29, 0.717) is 29.1 Å². The highest BCUT2D eigenvalue weighted by atomic mass is 32.1. The lowest BCUT2D eigenvalue weighted by Gasteiger charge is -2.34. The molecule has 1 atom stereocenters. The first-order valence-electron chi connectivity index (χ1n) is 8.32. The first kappa shape index (κ1) is 17.4. The van der Waals surface area contributed by atoms with Crippen LogP contribution >= 0.6 is 11.3 Å². The maximum absolute atomic E-state index is 12.7. The number of ketones is 1. The van der Waals surface area contributed by atoms with Crippen LogP contribution in [0.3, 0.4) is 0 Å². The Hall–Kier alpha value is -2.47. The first-order valence-corrected chi connectivity index (χ1v) is 9.20. The topological polar surface area (TPSA) is 66.5 Å². The summed E-state index contributed by atoms with van der Waals surface area (Å²) in [5.74, 6) is -0.346. The summed E-state index contributed by atoms with van der Waals surface area (Å²) in [5.41, 5.74) is 1.12. The van der Waals surface area contributed by atoms with Crippen molar-refractivity contribution >= 4 is 34.6 Å². The number of piperidine rings is 1. The molecule has 2 heterocycles. The number of amides is 2. The number of nitrogens with zero attached hydrogens (tertiary/aromatic N) is 1. The van der Waals surface area contributed by atoms with Gasteiger partial charge in [0.2, 0.25) is 5.91 Å². The van der Waals surface area contributed by atoms with Gasteiger partial charge >= 0.3 is 0 Å². The lowest BCUT2D eigenvalue weighted by molar-refractivity contribution is -0.121. The monoisotopic (exact) mass is 356 g/mol. The van der Waals surface area contributed by atoms with Gasteiger partial charge in [-0.15, -0.1) is 11.3 Å². The number of anilines is 1. The maximum Gasteiger partial charge on any atom is 0.264 e. The van der Waals surface area contributed by atoms with Gasteiger partial charge in [-0.1, -0.05) is 18.2 Å². The van der Waals surface area contributed by atoms with Gasteiger partial charge in [-0.05, 0) is 49.8 Å². The van der Waals surface area contributed by atoms with E-state index in [1.165, 1.54) is 18.3 Å². The predicted octanol–water partition coefficient (Wildman–Crippen LogP) is 3.58. The van der Waals surface area contributed by atoms with Gasteiger partial charge in [0.15, 0.2) is 5.78 Å². The smallest absolute Gasteiger partial charge is 0.264 e. The van der Waals surface area contributed by atoms with E-state index < -0.39 is 6.04 Å². The second-order valence-corrected chi connectivity index (χ2v) is 7.06. The Bertz CT molecular complexity index is 786. The normalized spacial score (nSPS) is 17.2. The van der Waals surface area contributed by atoms with Crippen LogP contribution in [-0.4, -0.2) is 35.1 Å². The molecule has 0 saturated carbocycles. The SMILES string of the molecule is CC(=O)c1cccc(NC(=O)[C@H]2CCCCN2C(=O)c2cccs2)c1. The third-order valence-corrected chi connectivity index (χ3v) is 5.19. The van der Waals surface area contributed by atoms with Crippen LogP contribution in [0.5, 0.6) is 0 Å². The van der Waals surface area contributed by atoms with E-state index in [1.54, 1.807) is 35.2 Å². The number of benzene rings is 1. The molecule has 2 amide bonds. The van der Waals surface area contributed by atoms with Gasteiger partial charge in [0, 0.05) is 17.8 Å². The molecule has 2 aromatic rings. The van der Waals surface area contributed by atoms with E-state index in [0.717, 1.165) is 12.8 Å². The number of likely N-dealkylation sites (tertiary alicyclic amines) is 1. The summed E-state index contributed by atoms with van der Waals surface area (Å²) < 4.78 is 0. The van der Waals surface area contributed by atoms with Gasteiger partial charge in [0.25, 0.3) is 5.91 Å². The fourth-order valence-electron chi connectivity index (χ4n) is 3.03. The van der Waals surface area contributed by atoms with Gasteiger partial charge in [0.05, 0.1) is 4.88 Å². The van der Waals surface area contributed by atoms with Crippen LogP contribution in [-0.2, 0) is 4.79 Å². The highest BCUT2D eigenvalue weighted by molar-refractivity contribution is 7.12. The molecule has 0 radical (unpaired) electrons. The van der Waals surface area contributed by atoms with Crippen LogP contribution in [0.25, 0.3) is 0 Å². The Morgan fingerprint density at radius 1 is 1.16 bits per heavy atom. The van der Waals surface area contributed by atoms with Gasteiger partial charge < -0.3 is 10.2 Å². The minimum absolute atomic E-state index is 0.0525. The Labute approximate surface area is 150 Å². The minimum Gasteiger partial charge on any atom is -0.326 e. The second-order valence-electron chi connectivity index (χ2n) is 6.11. The van der Waals surface area contributed by atoms with Crippen molar-refractivity contribution in [3.63, 3.8) is 0 Å². The third-order valence-electron chi connectivity index (χ3n) is 4.33. The molecule has 0 unspecified atom stereocenters. The molecule has 3 rings (SSSR count). The fourth-order valence-corrected chi connectivity index (χ4v) is 3.71. The van der Waals surface area contributed by atoms with E-state index in [1.807, 2.05) is 11.4 Å². The zero-order chi connectivity index (χ0) is 17.8. The van der Waals surface area contributed by atoms with E-state index in [-0.39, 0.29) is 17.6 Å². The number of thiophene rings is 1. The highest BCUT2D eigenvalue weighted by Crippen LogP contribution is 2.23. The van der Waals surface area contributed by atoms with Crippen molar-refractivity contribution in [2.75, 3.05) is 11.9 Å². The number of carbonyl (C=O) groups excluding carboxylic acids is 3. The molecule has 25 heavy (non-hydrogen) atoms. The van der Waals surface area contributed by atoms with Gasteiger partial charge in [-0.25, -0.2) is 0 Å². The molecule has 1 aliphatic rings. The summed E-state index contributed by atoms with van der Waals surface area (Å²) >= 11 is 1.39. The van der Waals surface area contributed by atoms with Gasteiger partial charge in [-0.2, -0.15) is 0 Å². The Kier molecular flexibility index (Phi) is 5.28. The Morgan fingerprint density at radius 3 is 2.72 bits per heavy atom. The quantitative estimate of drug-likeness (QED) is 0.852. The third kappa shape index (κ3) is 3.96. The van der Waals surface area contributed by atoms with Crippen molar-refractivity contribution in [2.24, 2.45) is 0 Å². The van der Waals surface area contributed by atoms with E-state index in [4.69, 9.17) is 0 Å². The van der Waals surface area contributed by atoms with Crippen LogP contribution in [0.15, 0.2) is 41.8 Å². The van der Waals surface area contributed by atoms with Crippen molar-refractivity contribution in [1.29, 1.82) is 0 Å². The van der Waals surface area contributed by atoms with Crippen molar-refractivity contribution in [3.8, 4) is 0 Å². The molecule has 5 nitrogen and oxygen atoms in total. The zero-order valence-corrected chi connectivity index (χ0v) is 14.8. The van der Waals surface area contributed by atoms with Crippen LogP contribution in [0.4, 0.5) is 5.69 Å². The number of hydrogen-bond donors (Lipinski definition) is 1. The van der Waals surface area contributed by atoms with Gasteiger partial charge in [-0.3, -0.25) is 14.4 Å². The standard InChI is InChI=1S/C19H20N2O3S/c1-13(22)14-6-4-7-15(12-14)20-18(23)16-8-2-3-10-21(16)19(24)17-9-5-11-25-17/h4-7,9,11-12,16H,2-3,8,10H2,1H3,(H,20,23)/t16-/m1/s1. The van der Waals surface area contributed by atoms with Crippen molar-refractivity contribution < 1.29 is 14.4 Å². The number of nitrogens with one attached hydrogen (secondary N) is 1. The molecule has 0 aliphatic carbocycles. The van der Waals surface area contributed by atoms with E-state index in [2.05, 4.69) is 5.32 Å². The Morgan fingerprint density at radius 2 is 2.00 bits per heavy atom. The molecule has 1 aliphatic heterocycles. The van der Waals surface area contributed by atoms with E-state index in [9.17, 15) is 14.4 Å². The van der Waals surface area contributed by atoms with Gasteiger partial charge in [0.1, 0.15) is 6.04 Å². The summed E-state index contributed by atoms with van der Waals surface area (Å²) in [6, 6.07) is 10.0. The molecular weight excluding hydrogens is 336 g/mol. The summed E-state index contributed by atoms with van der Waals surface area (Å²) in [4.78, 5) is 39.2. The summed E-state index contributed by atoms with van der Waals surface area (Å²) in [7, 11) is 0. The number of rotatable bonds is 4. The summed E-state index contributed by atoms with van der Waals surface area (Å²) in [5, 5.41) is 4.72. The number of Topliss-reactive ketones (excluding diaryl/α,β-unsaturated/α-hetero) is 1. The lowest BCUT2D eigenvalue weighted by atomic mass is 10.0. The first-order chi connectivity index (χ1) is 12.1. The molecule has 1 fully saturated rings. The average molecular weight is 356 g/mol. The Balaban J connectivity index is 1.76. The second kappa shape index (κ2) is 7.61. The average Bonchev–Trinajstić information content (AvgIpc) is 3.16. The molecule has 0 spiro atoms. The van der Waals surface area contributed by atoms with Crippen molar-refractivity contribution in [1.82, 2.24) is 4.90 Å².